The number of halogens is 3. The Morgan fingerprint density at radius 1 is 1.22 bits per heavy atom. The Bertz CT molecular complexity index is 1350. The molecule has 172 valence electrons. The van der Waals surface area contributed by atoms with Gasteiger partial charge in [0.25, 0.3) is 5.56 Å². The van der Waals surface area contributed by atoms with Crippen LogP contribution >= 0.6 is 0 Å². The number of pyridine rings is 1. The van der Waals surface area contributed by atoms with Crippen LogP contribution in [0.4, 0.5) is 18.9 Å². The van der Waals surface area contributed by atoms with Gasteiger partial charge in [0.15, 0.2) is 0 Å². The smallest absolute Gasteiger partial charge is 0.372 e. The van der Waals surface area contributed by atoms with Gasteiger partial charge in [-0.05, 0) is 55.0 Å². The van der Waals surface area contributed by atoms with Gasteiger partial charge in [0.05, 0.1) is 17.5 Å². The highest BCUT2D eigenvalue weighted by Gasteiger charge is 2.35. The molecule has 32 heavy (non-hydrogen) atoms. The summed E-state index contributed by atoms with van der Waals surface area (Å²) in [6.07, 6.45) is -0.686. The quantitative estimate of drug-likeness (QED) is 0.596. The van der Waals surface area contributed by atoms with E-state index in [0.29, 0.717) is 22.2 Å². The van der Waals surface area contributed by atoms with Crippen LogP contribution in [0, 0.1) is 12.8 Å². The highest BCUT2D eigenvalue weighted by molar-refractivity contribution is 7.92. The van der Waals surface area contributed by atoms with Crippen LogP contribution in [0.3, 0.4) is 0 Å². The fourth-order valence-electron chi connectivity index (χ4n) is 3.60. The van der Waals surface area contributed by atoms with Gasteiger partial charge in [-0.1, -0.05) is 0 Å². The zero-order valence-electron chi connectivity index (χ0n) is 17.5. The second-order valence-corrected chi connectivity index (χ2v) is 9.84. The van der Waals surface area contributed by atoms with Crippen LogP contribution in [0.1, 0.15) is 18.4 Å². The molecular weight excluding hydrogens is 449 g/mol. The molecule has 4 rings (SSSR count). The van der Waals surface area contributed by atoms with E-state index >= 15 is 0 Å². The van der Waals surface area contributed by atoms with Crippen LogP contribution in [0.2, 0.25) is 0 Å². The summed E-state index contributed by atoms with van der Waals surface area (Å²) in [5, 5.41) is 0. The maximum Gasteiger partial charge on any atom is 0.575 e. The fraction of sp³-hybridized carbons (Fsp3) is 0.400. The summed E-state index contributed by atoms with van der Waals surface area (Å²) in [4.78, 5) is 16.1. The molecule has 0 amide bonds. The van der Waals surface area contributed by atoms with E-state index in [0.717, 1.165) is 19.1 Å². The first-order chi connectivity index (χ1) is 14.8. The standard InChI is InChI=1S/C20H21F3N4O4S/c1-11-6-14(10-26(2)18(11)28)13-7-15(25-32(3,29)30)17-16(8-13)27(9-12-4-5-12)19(24-17)31-20(21,22)23/h6-8,10,12,25H,4-5,9H2,1-3H3. The van der Waals surface area contributed by atoms with Crippen molar-refractivity contribution in [3.8, 4) is 17.1 Å². The number of sulfonamides is 1. The summed E-state index contributed by atoms with van der Waals surface area (Å²) >= 11 is 0. The topological polar surface area (TPSA) is 95.2 Å². The summed E-state index contributed by atoms with van der Waals surface area (Å²) in [5.74, 6) is 0.192. The molecule has 1 fully saturated rings. The van der Waals surface area contributed by atoms with E-state index in [4.69, 9.17) is 0 Å². The molecular formula is C20H21F3N4O4S. The number of rotatable bonds is 6. The lowest BCUT2D eigenvalue weighted by atomic mass is 10.0. The number of alkyl halides is 3. The molecule has 3 aromatic rings. The minimum absolute atomic E-state index is 0.0214. The third kappa shape index (κ3) is 4.74. The van der Waals surface area contributed by atoms with Crippen LogP contribution in [-0.2, 0) is 23.6 Å². The second kappa shape index (κ2) is 7.54. The molecule has 2 aromatic heterocycles. The largest absolute Gasteiger partial charge is 0.575 e. The normalized spacial score (nSPS) is 14.7. The Morgan fingerprint density at radius 2 is 1.91 bits per heavy atom. The number of imidazole rings is 1. The molecule has 0 atom stereocenters. The number of anilines is 1. The van der Waals surface area contributed by atoms with Gasteiger partial charge in [0, 0.05) is 25.4 Å². The van der Waals surface area contributed by atoms with E-state index in [1.54, 1.807) is 32.3 Å². The van der Waals surface area contributed by atoms with Crippen molar-refractivity contribution in [2.75, 3.05) is 11.0 Å². The molecule has 12 heteroatoms. The molecule has 1 aromatic carbocycles. The van der Waals surface area contributed by atoms with Crippen molar-refractivity contribution < 1.29 is 26.3 Å². The number of ether oxygens (including phenoxy) is 1. The van der Waals surface area contributed by atoms with Gasteiger partial charge in [0.2, 0.25) is 10.0 Å². The first-order valence-corrected chi connectivity index (χ1v) is 11.7. The SMILES string of the molecule is Cc1cc(-c2cc(NS(C)(=O)=O)c3nc(OC(F)(F)F)n(CC4CC4)c3c2)cn(C)c1=O. The number of nitrogens with zero attached hydrogens (tertiary/aromatic N) is 3. The third-order valence-electron chi connectivity index (χ3n) is 5.15. The monoisotopic (exact) mass is 470 g/mol. The van der Waals surface area contributed by atoms with Crippen molar-refractivity contribution >= 4 is 26.7 Å². The molecule has 0 radical (unpaired) electrons. The van der Waals surface area contributed by atoms with Crippen LogP contribution in [0.15, 0.2) is 29.2 Å². The van der Waals surface area contributed by atoms with Gasteiger partial charge in [-0.15, -0.1) is 13.2 Å². The molecule has 8 nitrogen and oxygen atoms in total. The number of fused-ring (bicyclic) bond motifs is 1. The van der Waals surface area contributed by atoms with Gasteiger partial charge in [-0.25, -0.2) is 8.42 Å². The Kier molecular flexibility index (Phi) is 5.23. The lowest BCUT2D eigenvalue weighted by Crippen LogP contribution is -2.20. The first kappa shape index (κ1) is 22.2. The van der Waals surface area contributed by atoms with Gasteiger partial charge < -0.3 is 9.30 Å². The zero-order chi connectivity index (χ0) is 23.4. The van der Waals surface area contributed by atoms with E-state index in [1.165, 1.54) is 15.2 Å². The van der Waals surface area contributed by atoms with E-state index in [9.17, 15) is 26.4 Å². The molecule has 1 aliphatic carbocycles. The molecule has 0 saturated heterocycles. The molecule has 1 N–H and O–H groups in total. The average Bonchev–Trinajstić information content (AvgIpc) is 3.40. The van der Waals surface area contributed by atoms with E-state index in [1.807, 2.05) is 0 Å². The maximum absolute atomic E-state index is 13.0. The highest BCUT2D eigenvalue weighted by atomic mass is 32.2. The van der Waals surface area contributed by atoms with Crippen molar-refractivity contribution in [1.82, 2.24) is 14.1 Å². The van der Waals surface area contributed by atoms with Crippen LogP contribution in [0.25, 0.3) is 22.2 Å². The van der Waals surface area contributed by atoms with Gasteiger partial charge in [-0.2, -0.15) is 4.98 Å². The Balaban J connectivity index is 1.99. The van der Waals surface area contributed by atoms with Crippen molar-refractivity contribution in [2.24, 2.45) is 13.0 Å². The van der Waals surface area contributed by atoms with Gasteiger partial charge >= 0.3 is 12.4 Å². The number of hydrogen-bond donors (Lipinski definition) is 1. The number of nitrogens with one attached hydrogen (secondary N) is 1. The summed E-state index contributed by atoms with van der Waals surface area (Å²) < 4.78 is 72.2. The highest BCUT2D eigenvalue weighted by Crippen LogP contribution is 2.39. The number of hydrogen-bond acceptors (Lipinski definition) is 5. The summed E-state index contributed by atoms with van der Waals surface area (Å²) in [7, 11) is -2.17. The van der Waals surface area contributed by atoms with Crippen LogP contribution in [-0.4, -0.2) is 35.2 Å². The molecule has 0 unspecified atom stereocenters. The van der Waals surface area contributed by atoms with Crippen molar-refractivity contribution in [2.45, 2.75) is 32.7 Å². The Hall–Kier alpha value is -3.02. The fourth-order valence-corrected chi connectivity index (χ4v) is 4.15. The Morgan fingerprint density at radius 3 is 2.47 bits per heavy atom. The lowest BCUT2D eigenvalue weighted by molar-refractivity contribution is -0.278. The van der Waals surface area contributed by atoms with E-state index < -0.39 is 22.4 Å². The molecule has 1 saturated carbocycles. The maximum atomic E-state index is 13.0. The molecule has 0 bridgehead atoms. The second-order valence-electron chi connectivity index (χ2n) is 8.09. The average molecular weight is 470 g/mol. The minimum Gasteiger partial charge on any atom is -0.372 e. The molecule has 1 aliphatic rings. The van der Waals surface area contributed by atoms with Crippen molar-refractivity contribution in [1.29, 1.82) is 0 Å². The predicted octanol–water partition coefficient (Wildman–Crippen LogP) is 3.39. The van der Waals surface area contributed by atoms with E-state index in [2.05, 4.69) is 14.4 Å². The van der Waals surface area contributed by atoms with Gasteiger partial charge in [-0.3, -0.25) is 14.1 Å². The summed E-state index contributed by atoms with van der Waals surface area (Å²) in [6.45, 7) is 1.91. The first-order valence-electron chi connectivity index (χ1n) is 9.76. The number of benzene rings is 1. The van der Waals surface area contributed by atoms with Crippen molar-refractivity contribution in [3.63, 3.8) is 0 Å². The molecule has 2 heterocycles. The zero-order valence-corrected chi connectivity index (χ0v) is 18.3. The summed E-state index contributed by atoms with van der Waals surface area (Å²) in [6, 6.07) is 4.10. The minimum atomic E-state index is -4.95. The number of aryl methyl sites for hydroxylation is 2. The molecule has 0 spiro atoms. The molecule has 0 aliphatic heterocycles. The lowest BCUT2D eigenvalue weighted by Gasteiger charge is -2.13. The van der Waals surface area contributed by atoms with Gasteiger partial charge in [0.1, 0.15) is 5.52 Å². The predicted molar refractivity (Wildman–Crippen MR) is 113 cm³/mol. The van der Waals surface area contributed by atoms with E-state index in [-0.39, 0.29) is 29.2 Å². The van der Waals surface area contributed by atoms with Crippen molar-refractivity contribution in [3.05, 3.63) is 40.3 Å². The summed E-state index contributed by atoms with van der Waals surface area (Å²) in [5.41, 5.74) is 1.75. The third-order valence-corrected chi connectivity index (χ3v) is 5.75. The Labute approximate surface area is 181 Å². The van der Waals surface area contributed by atoms with Crippen LogP contribution < -0.4 is 15.0 Å². The van der Waals surface area contributed by atoms with Crippen LogP contribution in [0.5, 0.6) is 6.01 Å². The number of aromatic nitrogens is 3.